The summed E-state index contributed by atoms with van der Waals surface area (Å²) < 4.78 is 11.0. The van der Waals surface area contributed by atoms with Crippen LogP contribution < -0.4 is 4.74 Å². The van der Waals surface area contributed by atoms with E-state index in [2.05, 4.69) is 0 Å². The number of benzene rings is 2. The number of aliphatic hydroxyl groups is 3. The van der Waals surface area contributed by atoms with Crippen LogP contribution in [0.15, 0.2) is 59.5 Å². The molecule has 0 radical (unpaired) electrons. The van der Waals surface area contributed by atoms with Crippen LogP contribution in [0.4, 0.5) is 0 Å². The molecule has 0 amide bonds. The van der Waals surface area contributed by atoms with Crippen LogP contribution in [0.2, 0.25) is 0 Å². The zero-order chi connectivity index (χ0) is 18.7. The van der Waals surface area contributed by atoms with E-state index in [-0.39, 0.29) is 6.42 Å². The number of thioether (sulfide) groups is 1. The Morgan fingerprint density at radius 3 is 2.35 bits per heavy atom. The van der Waals surface area contributed by atoms with Gasteiger partial charge in [-0.1, -0.05) is 42.1 Å². The number of methoxy groups -OCH3 is 1. The minimum Gasteiger partial charge on any atom is -0.497 e. The van der Waals surface area contributed by atoms with Gasteiger partial charge in [0.05, 0.1) is 13.2 Å². The molecule has 0 unspecified atom stereocenters. The Morgan fingerprint density at radius 1 is 1.08 bits per heavy atom. The Morgan fingerprint density at radius 2 is 1.73 bits per heavy atom. The van der Waals surface area contributed by atoms with Crippen LogP contribution in [-0.2, 0) is 11.2 Å². The van der Waals surface area contributed by atoms with Crippen molar-refractivity contribution in [3.8, 4) is 5.75 Å². The second-order valence-corrected chi connectivity index (χ2v) is 7.69. The van der Waals surface area contributed by atoms with Gasteiger partial charge in [0.2, 0.25) is 0 Å². The normalized spacial score (nSPS) is 31.6. The van der Waals surface area contributed by atoms with Crippen molar-refractivity contribution in [3.05, 3.63) is 60.2 Å². The number of aliphatic hydroxyl groups excluding tert-OH is 2. The Bertz CT molecular complexity index is 708. The fraction of sp³-hybridized carbons (Fsp3) is 0.400. The third-order valence-corrected chi connectivity index (χ3v) is 5.97. The van der Waals surface area contributed by atoms with Gasteiger partial charge in [0.25, 0.3) is 0 Å². The fourth-order valence-electron chi connectivity index (χ4n) is 3.10. The molecule has 1 saturated heterocycles. The largest absolute Gasteiger partial charge is 0.497 e. The zero-order valence-corrected chi connectivity index (χ0v) is 15.6. The van der Waals surface area contributed by atoms with Gasteiger partial charge in [-0.25, -0.2) is 0 Å². The van der Waals surface area contributed by atoms with Crippen LogP contribution in [-0.4, -0.2) is 51.8 Å². The third kappa shape index (κ3) is 3.89. The summed E-state index contributed by atoms with van der Waals surface area (Å²) in [5.74, 6) is 0.713. The molecular weight excluding hydrogens is 352 g/mol. The van der Waals surface area contributed by atoms with Gasteiger partial charge in [-0.05, 0) is 36.8 Å². The average molecular weight is 376 g/mol. The van der Waals surface area contributed by atoms with Crippen molar-refractivity contribution in [2.45, 2.75) is 47.6 Å². The summed E-state index contributed by atoms with van der Waals surface area (Å²) in [6.07, 6.45) is -2.92. The standard InChI is InChI=1S/C20H24O5S/c1-13-17(21)18(22)20(23,12-14-8-10-15(24-2)11-9-14)19(25-13)26-16-6-4-3-5-7-16/h3-11,13,17-19,21-23H,12H2,1-2H3/t13-,17+,18+,19-,20-/m0/s1. The van der Waals surface area contributed by atoms with E-state index in [0.29, 0.717) is 5.75 Å². The molecule has 6 heteroatoms. The maximum Gasteiger partial charge on any atom is 0.139 e. The summed E-state index contributed by atoms with van der Waals surface area (Å²) in [5, 5.41) is 32.3. The van der Waals surface area contributed by atoms with E-state index in [1.807, 2.05) is 42.5 Å². The summed E-state index contributed by atoms with van der Waals surface area (Å²) >= 11 is 1.34. The Kier molecular flexibility index (Phi) is 5.89. The predicted octanol–water partition coefficient (Wildman–Crippen LogP) is 2.23. The van der Waals surface area contributed by atoms with E-state index in [0.717, 1.165) is 10.5 Å². The molecule has 3 rings (SSSR count). The summed E-state index contributed by atoms with van der Waals surface area (Å²) in [6, 6.07) is 16.8. The number of hydrogen-bond acceptors (Lipinski definition) is 6. The highest BCUT2D eigenvalue weighted by atomic mass is 32.2. The first-order valence-corrected chi connectivity index (χ1v) is 9.40. The molecule has 0 bridgehead atoms. The second kappa shape index (κ2) is 7.98. The second-order valence-electron chi connectivity index (χ2n) is 6.56. The zero-order valence-electron chi connectivity index (χ0n) is 14.8. The van der Waals surface area contributed by atoms with Gasteiger partial charge >= 0.3 is 0 Å². The maximum absolute atomic E-state index is 11.3. The number of rotatable bonds is 5. The fourth-order valence-corrected chi connectivity index (χ4v) is 4.31. The summed E-state index contributed by atoms with van der Waals surface area (Å²) in [6.45, 7) is 1.69. The highest BCUT2D eigenvalue weighted by Crippen LogP contribution is 2.41. The van der Waals surface area contributed by atoms with E-state index < -0.39 is 29.3 Å². The molecule has 5 atom stereocenters. The van der Waals surface area contributed by atoms with Crippen LogP contribution >= 0.6 is 11.8 Å². The molecule has 1 aliphatic heterocycles. The van der Waals surface area contributed by atoms with Gasteiger partial charge in [0.1, 0.15) is 29.0 Å². The molecule has 2 aromatic rings. The van der Waals surface area contributed by atoms with E-state index in [9.17, 15) is 15.3 Å². The van der Waals surface area contributed by atoms with Crippen molar-refractivity contribution in [2.75, 3.05) is 7.11 Å². The van der Waals surface area contributed by atoms with Gasteiger partial charge in [-0.3, -0.25) is 0 Å². The molecule has 0 aliphatic carbocycles. The summed E-state index contributed by atoms with van der Waals surface area (Å²) in [4.78, 5) is 0.918. The Hall–Kier alpha value is -1.57. The van der Waals surface area contributed by atoms with Crippen molar-refractivity contribution in [3.63, 3.8) is 0 Å². The lowest BCUT2D eigenvalue weighted by Crippen LogP contribution is -2.65. The monoisotopic (exact) mass is 376 g/mol. The first-order valence-electron chi connectivity index (χ1n) is 8.52. The average Bonchev–Trinajstić information content (AvgIpc) is 2.66. The summed E-state index contributed by atoms with van der Waals surface area (Å²) in [7, 11) is 1.59. The minimum atomic E-state index is -1.64. The molecular formula is C20H24O5S. The number of hydrogen-bond donors (Lipinski definition) is 3. The molecule has 1 heterocycles. The predicted molar refractivity (Wildman–Crippen MR) is 100 cm³/mol. The van der Waals surface area contributed by atoms with Gasteiger partial charge < -0.3 is 24.8 Å². The molecule has 0 aromatic heterocycles. The molecule has 140 valence electrons. The van der Waals surface area contributed by atoms with Crippen LogP contribution in [0.25, 0.3) is 0 Å². The molecule has 0 saturated carbocycles. The molecule has 3 N–H and O–H groups in total. The minimum absolute atomic E-state index is 0.145. The summed E-state index contributed by atoms with van der Waals surface area (Å²) in [5.41, 5.74) is -1.54. The van der Waals surface area contributed by atoms with Crippen LogP contribution in [0, 0.1) is 0 Å². The Labute approximate surface area is 157 Å². The quantitative estimate of drug-likeness (QED) is 0.743. The molecule has 26 heavy (non-hydrogen) atoms. The van der Waals surface area contributed by atoms with Gasteiger partial charge in [-0.15, -0.1) is 0 Å². The van der Waals surface area contributed by atoms with E-state index in [1.54, 1.807) is 26.2 Å². The number of ether oxygens (including phenoxy) is 2. The highest BCUT2D eigenvalue weighted by molar-refractivity contribution is 7.99. The maximum atomic E-state index is 11.3. The first kappa shape index (κ1) is 19.2. The SMILES string of the molecule is COc1ccc(C[C@]2(O)[C@H](O)[C@H](O)[C@H](C)O[C@H]2Sc2ccccc2)cc1. The van der Waals surface area contributed by atoms with Crippen LogP contribution in [0.5, 0.6) is 5.75 Å². The van der Waals surface area contributed by atoms with Crippen molar-refractivity contribution in [2.24, 2.45) is 0 Å². The van der Waals surface area contributed by atoms with Gasteiger partial charge in [0.15, 0.2) is 0 Å². The van der Waals surface area contributed by atoms with Crippen LogP contribution in [0.1, 0.15) is 12.5 Å². The van der Waals surface area contributed by atoms with Crippen molar-refractivity contribution < 1.29 is 24.8 Å². The third-order valence-electron chi connectivity index (χ3n) is 4.70. The van der Waals surface area contributed by atoms with Gasteiger partial charge in [-0.2, -0.15) is 0 Å². The van der Waals surface area contributed by atoms with Crippen molar-refractivity contribution in [1.82, 2.24) is 0 Å². The van der Waals surface area contributed by atoms with Crippen molar-refractivity contribution in [1.29, 1.82) is 0 Å². The first-order chi connectivity index (χ1) is 12.4. The molecule has 1 aliphatic rings. The van der Waals surface area contributed by atoms with Crippen molar-refractivity contribution >= 4 is 11.8 Å². The van der Waals surface area contributed by atoms with E-state index >= 15 is 0 Å². The molecule has 0 spiro atoms. The Balaban J connectivity index is 1.88. The smallest absolute Gasteiger partial charge is 0.139 e. The van der Waals surface area contributed by atoms with Crippen LogP contribution in [0.3, 0.4) is 0 Å². The van der Waals surface area contributed by atoms with Gasteiger partial charge in [0, 0.05) is 11.3 Å². The topological polar surface area (TPSA) is 79.2 Å². The lowest BCUT2D eigenvalue weighted by atomic mass is 9.83. The molecule has 2 aromatic carbocycles. The van der Waals surface area contributed by atoms with E-state index in [4.69, 9.17) is 9.47 Å². The lowest BCUT2D eigenvalue weighted by molar-refractivity contribution is -0.241. The van der Waals surface area contributed by atoms with E-state index in [1.165, 1.54) is 11.8 Å². The molecule has 5 nitrogen and oxygen atoms in total. The molecule has 1 fully saturated rings. The highest BCUT2D eigenvalue weighted by Gasteiger charge is 2.53. The lowest BCUT2D eigenvalue weighted by Gasteiger charge is -2.47.